The van der Waals surface area contributed by atoms with E-state index >= 15 is 0 Å². The van der Waals surface area contributed by atoms with Gasteiger partial charge in [0, 0.05) is 4.47 Å². The number of benzene rings is 3. The van der Waals surface area contributed by atoms with Gasteiger partial charge in [-0.3, -0.25) is 9.10 Å². The zero-order valence-corrected chi connectivity index (χ0v) is 18.5. The molecule has 3 rings (SSSR count). The molecule has 0 aliphatic heterocycles. The molecule has 8 heteroatoms. The van der Waals surface area contributed by atoms with E-state index < -0.39 is 28.5 Å². The second-order valence-corrected chi connectivity index (χ2v) is 9.42. The summed E-state index contributed by atoms with van der Waals surface area (Å²) in [4.78, 5) is 12.8. The Labute approximate surface area is 183 Å². The van der Waals surface area contributed by atoms with E-state index in [0.29, 0.717) is 15.7 Å². The molecule has 0 aliphatic carbocycles. The van der Waals surface area contributed by atoms with Crippen molar-refractivity contribution in [1.82, 2.24) is 5.32 Å². The number of nitrogens with one attached hydrogen (secondary N) is 1. The van der Waals surface area contributed by atoms with Crippen molar-refractivity contribution in [3.05, 3.63) is 94.7 Å². The highest BCUT2D eigenvalue weighted by Crippen LogP contribution is 2.26. The summed E-state index contributed by atoms with van der Waals surface area (Å²) in [5, 5.41) is 2.77. The number of rotatable bonds is 7. The number of hydrogen-bond acceptors (Lipinski definition) is 3. The predicted molar refractivity (Wildman–Crippen MR) is 118 cm³/mol. The van der Waals surface area contributed by atoms with E-state index in [1.807, 2.05) is 0 Å². The van der Waals surface area contributed by atoms with Crippen LogP contribution in [0.25, 0.3) is 0 Å². The molecule has 0 fully saturated rings. The first-order valence-electron chi connectivity index (χ1n) is 9.15. The lowest BCUT2D eigenvalue weighted by Crippen LogP contribution is -2.41. The topological polar surface area (TPSA) is 66.5 Å². The molecule has 0 aliphatic rings. The van der Waals surface area contributed by atoms with Gasteiger partial charge in [0.05, 0.1) is 16.6 Å². The van der Waals surface area contributed by atoms with E-state index in [4.69, 9.17) is 0 Å². The van der Waals surface area contributed by atoms with Crippen LogP contribution in [0.15, 0.2) is 88.2 Å². The average molecular weight is 491 g/mol. The van der Waals surface area contributed by atoms with Gasteiger partial charge in [-0.15, -0.1) is 0 Å². The SMILES string of the molecule is C[C@H](NC(=O)CN(c1cccc(Br)c1)S(=O)(=O)c1ccccc1)c1ccc(F)cc1. The van der Waals surface area contributed by atoms with Crippen LogP contribution in [0.5, 0.6) is 0 Å². The molecule has 0 saturated heterocycles. The summed E-state index contributed by atoms with van der Waals surface area (Å²) in [5.74, 6) is -0.849. The number of anilines is 1. The molecule has 0 heterocycles. The van der Waals surface area contributed by atoms with E-state index in [0.717, 1.165) is 4.31 Å². The lowest BCUT2D eigenvalue weighted by molar-refractivity contribution is -0.120. The van der Waals surface area contributed by atoms with Gasteiger partial charge in [0.25, 0.3) is 10.0 Å². The van der Waals surface area contributed by atoms with E-state index in [2.05, 4.69) is 21.2 Å². The van der Waals surface area contributed by atoms with Crippen molar-refractivity contribution in [2.75, 3.05) is 10.8 Å². The third-order valence-electron chi connectivity index (χ3n) is 4.46. The minimum atomic E-state index is -3.97. The Bertz CT molecular complexity index is 1120. The summed E-state index contributed by atoms with van der Waals surface area (Å²) in [6.07, 6.45) is 0. The summed E-state index contributed by atoms with van der Waals surface area (Å²) < 4.78 is 41.4. The van der Waals surface area contributed by atoms with Crippen LogP contribution < -0.4 is 9.62 Å². The van der Waals surface area contributed by atoms with Crippen molar-refractivity contribution < 1.29 is 17.6 Å². The van der Waals surface area contributed by atoms with Crippen LogP contribution in [0, 0.1) is 5.82 Å². The van der Waals surface area contributed by atoms with E-state index in [1.165, 1.54) is 24.3 Å². The first kappa shape index (κ1) is 22.0. The van der Waals surface area contributed by atoms with Crippen LogP contribution in [-0.4, -0.2) is 20.9 Å². The highest BCUT2D eigenvalue weighted by atomic mass is 79.9. The van der Waals surface area contributed by atoms with Crippen LogP contribution in [0.4, 0.5) is 10.1 Å². The minimum absolute atomic E-state index is 0.0874. The molecule has 0 bridgehead atoms. The smallest absolute Gasteiger partial charge is 0.264 e. The van der Waals surface area contributed by atoms with E-state index in [9.17, 15) is 17.6 Å². The number of hydrogen-bond donors (Lipinski definition) is 1. The normalized spacial score (nSPS) is 12.2. The summed E-state index contributed by atoms with van der Waals surface area (Å²) in [7, 11) is -3.97. The molecule has 5 nitrogen and oxygen atoms in total. The number of carbonyl (C=O) groups excluding carboxylic acids is 1. The highest BCUT2D eigenvalue weighted by Gasteiger charge is 2.27. The van der Waals surface area contributed by atoms with Gasteiger partial charge in [-0.2, -0.15) is 0 Å². The first-order valence-corrected chi connectivity index (χ1v) is 11.4. The van der Waals surface area contributed by atoms with Crippen LogP contribution >= 0.6 is 15.9 Å². The molecule has 0 spiro atoms. The Hall–Kier alpha value is -2.71. The molecular weight excluding hydrogens is 471 g/mol. The fourth-order valence-corrected chi connectivity index (χ4v) is 4.74. The van der Waals surface area contributed by atoms with Crippen molar-refractivity contribution >= 4 is 37.5 Å². The highest BCUT2D eigenvalue weighted by molar-refractivity contribution is 9.10. The molecule has 156 valence electrons. The molecule has 1 amide bonds. The second-order valence-electron chi connectivity index (χ2n) is 6.65. The van der Waals surface area contributed by atoms with Crippen LogP contribution in [0.3, 0.4) is 0 Å². The zero-order chi connectivity index (χ0) is 21.7. The van der Waals surface area contributed by atoms with Gasteiger partial charge in [-0.05, 0) is 55.0 Å². The Morgan fingerprint density at radius 1 is 1.03 bits per heavy atom. The van der Waals surface area contributed by atoms with Crippen molar-refractivity contribution in [2.45, 2.75) is 17.9 Å². The second kappa shape index (κ2) is 9.40. The zero-order valence-electron chi connectivity index (χ0n) is 16.1. The Morgan fingerprint density at radius 2 is 1.70 bits per heavy atom. The molecule has 1 N–H and O–H groups in total. The summed E-state index contributed by atoms with van der Waals surface area (Å²) in [5.41, 5.74) is 1.07. The maximum atomic E-state index is 13.3. The Balaban J connectivity index is 1.87. The first-order chi connectivity index (χ1) is 14.3. The Morgan fingerprint density at radius 3 is 2.33 bits per heavy atom. The van der Waals surface area contributed by atoms with Gasteiger partial charge in [-0.25, -0.2) is 12.8 Å². The lowest BCUT2D eigenvalue weighted by Gasteiger charge is -2.25. The number of halogens is 2. The minimum Gasteiger partial charge on any atom is -0.348 e. The van der Waals surface area contributed by atoms with Gasteiger partial charge in [-0.1, -0.05) is 52.3 Å². The standard InChI is InChI=1S/C22H20BrFN2O3S/c1-16(17-10-12-19(24)13-11-17)25-22(27)15-26(20-7-5-6-18(23)14-20)30(28,29)21-8-3-2-4-9-21/h2-14,16H,15H2,1H3,(H,25,27)/t16-/m0/s1. The van der Waals surface area contributed by atoms with Gasteiger partial charge in [0.1, 0.15) is 12.4 Å². The van der Waals surface area contributed by atoms with Gasteiger partial charge in [0.15, 0.2) is 0 Å². The molecule has 0 radical (unpaired) electrons. The van der Waals surface area contributed by atoms with Crippen molar-refractivity contribution in [1.29, 1.82) is 0 Å². The monoisotopic (exact) mass is 490 g/mol. The van der Waals surface area contributed by atoms with Crippen LogP contribution in [-0.2, 0) is 14.8 Å². The number of carbonyl (C=O) groups is 1. The molecule has 0 saturated carbocycles. The lowest BCUT2D eigenvalue weighted by atomic mass is 10.1. The van der Waals surface area contributed by atoms with Crippen molar-refractivity contribution in [3.63, 3.8) is 0 Å². The quantitative estimate of drug-likeness (QED) is 0.523. The largest absolute Gasteiger partial charge is 0.348 e. The van der Waals surface area contributed by atoms with Gasteiger partial charge < -0.3 is 5.32 Å². The van der Waals surface area contributed by atoms with Crippen molar-refractivity contribution in [3.8, 4) is 0 Å². The molecular formula is C22H20BrFN2O3S. The van der Waals surface area contributed by atoms with E-state index in [-0.39, 0.29) is 10.7 Å². The molecule has 3 aromatic rings. The third kappa shape index (κ3) is 5.25. The van der Waals surface area contributed by atoms with Crippen molar-refractivity contribution in [2.24, 2.45) is 0 Å². The summed E-state index contributed by atoms with van der Waals surface area (Å²) in [6, 6.07) is 20.0. The Kier molecular flexibility index (Phi) is 6.89. The predicted octanol–water partition coefficient (Wildman–Crippen LogP) is 4.66. The van der Waals surface area contributed by atoms with Gasteiger partial charge in [0.2, 0.25) is 5.91 Å². The van der Waals surface area contributed by atoms with Crippen LogP contribution in [0.2, 0.25) is 0 Å². The molecule has 1 atom stereocenters. The summed E-state index contributed by atoms with van der Waals surface area (Å²) in [6.45, 7) is 1.35. The third-order valence-corrected chi connectivity index (χ3v) is 6.74. The number of amides is 1. The maximum Gasteiger partial charge on any atom is 0.264 e. The molecule has 0 unspecified atom stereocenters. The summed E-state index contributed by atoms with van der Waals surface area (Å²) >= 11 is 3.34. The number of nitrogens with zero attached hydrogens (tertiary/aromatic N) is 1. The molecule has 0 aromatic heterocycles. The van der Waals surface area contributed by atoms with E-state index in [1.54, 1.807) is 61.5 Å². The van der Waals surface area contributed by atoms with Gasteiger partial charge >= 0.3 is 0 Å². The van der Waals surface area contributed by atoms with Crippen LogP contribution in [0.1, 0.15) is 18.5 Å². The maximum absolute atomic E-state index is 13.3. The molecule has 30 heavy (non-hydrogen) atoms. The molecule has 3 aromatic carbocycles. The fourth-order valence-electron chi connectivity index (χ4n) is 2.92. The average Bonchev–Trinajstić information content (AvgIpc) is 2.73. The number of sulfonamides is 1. The fraction of sp³-hybridized carbons (Fsp3) is 0.136.